The van der Waals surface area contributed by atoms with Crippen molar-refractivity contribution in [2.24, 2.45) is 4.99 Å². The molecule has 3 aliphatic rings. The monoisotopic (exact) mass is 456 g/mol. The van der Waals surface area contributed by atoms with E-state index in [2.05, 4.69) is 9.89 Å². The van der Waals surface area contributed by atoms with Gasteiger partial charge in [-0.15, -0.1) is 12.4 Å². The molecule has 2 fully saturated rings. The summed E-state index contributed by atoms with van der Waals surface area (Å²) in [5, 5.41) is 0. The van der Waals surface area contributed by atoms with E-state index in [4.69, 9.17) is 0 Å². The molecule has 0 saturated carbocycles. The molecule has 11 heteroatoms. The molecule has 10 nitrogen and oxygen atoms in total. The number of amidine groups is 2. The fraction of sp³-hybridized carbons (Fsp3) is 0.750. The highest BCUT2D eigenvalue weighted by Crippen LogP contribution is 2.19. The summed E-state index contributed by atoms with van der Waals surface area (Å²) in [6, 6.07) is -0.723. The van der Waals surface area contributed by atoms with Crippen LogP contribution in [0.15, 0.2) is 4.99 Å². The van der Waals surface area contributed by atoms with Gasteiger partial charge in [0.25, 0.3) is 23.6 Å². The highest BCUT2D eigenvalue weighted by atomic mass is 35.5. The van der Waals surface area contributed by atoms with E-state index < -0.39 is 6.04 Å². The molecule has 0 aromatic rings. The molecule has 0 aromatic carbocycles. The van der Waals surface area contributed by atoms with Crippen LogP contribution >= 0.6 is 12.4 Å². The molecule has 3 rings (SSSR count). The minimum absolute atomic E-state index is 0. The predicted octanol–water partition coefficient (Wildman–Crippen LogP) is 0.613. The minimum atomic E-state index is -0.512. The first-order valence-electron chi connectivity index (χ1n) is 10.8. The Kier molecular flexibility index (Phi) is 8.41. The third kappa shape index (κ3) is 4.85. The van der Waals surface area contributed by atoms with Crippen molar-refractivity contribution in [3.8, 4) is 0 Å². The van der Waals surface area contributed by atoms with E-state index >= 15 is 0 Å². The van der Waals surface area contributed by atoms with Gasteiger partial charge in [-0.2, -0.15) is 0 Å². The number of fused-ring (bicyclic) bond motifs is 1. The number of nitrogens with zero attached hydrogens (tertiary/aromatic N) is 7. The summed E-state index contributed by atoms with van der Waals surface area (Å²) in [7, 11) is 5.03. The van der Waals surface area contributed by atoms with E-state index in [9.17, 15) is 14.4 Å². The number of aliphatic imine (C=N–C) groups is 1. The first-order chi connectivity index (χ1) is 14.3. The van der Waals surface area contributed by atoms with Crippen LogP contribution in [0, 0.1) is 0 Å². The number of rotatable bonds is 6. The molecule has 3 heterocycles. The second kappa shape index (κ2) is 10.4. The smallest absolute Gasteiger partial charge is 0.325 e. The van der Waals surface area contributed by atoms with Crippen LogP contribution in [0.3, 0.4) is 0 Å². The number of hydrogen-bond acceptors (Lipinski definition) is 5. The van der Waals surface area contributed by atoms with Gasteiger partial charge < -0.3 is 9.80 Å². The Morgan fingerprint density at radius 3 is 2.29 bits per heavy atom. The van der Waals surface area contributed by atoms with Crippen LogP contribution in [-0.2, 0) is 4.79 Å². The molecular formula is C20H35ClN7O3+. The topological polar surface area (TPSA) is 82.8 Å². The third-order valence-corrected chi connectivity index (χ3v) is 6.32. The van der Waals surface area contributed by atoms with E-state index in [1.807, 2.05) is 35.3 Å². The number of hydrogen-bond donors (Lipinski definition) is 0. The van der Waals surface area contributed by atoms with Gasteiger partial charge in [-0.3, -0.25) is 19.5 Å². The van der Waals surface area contributed by atoms with Crippen molar-refractivity contribution < 1.29 is 19.0 Å². The maximum atomic E-state index is 12.5. The number of amides is 5. The quantitative estimate of drug-likeness (QED) is 0.548. The van der Waals surface area contributed by atoms with Crippen molar-refractivity contribution in [3.63, 3.8) is 0 Å². The van der Waals surface area contributed by atoms with Gasteiger partial charge in [0.15, 0.2) is 0 Å². The highest BCUT2D eigenvalue weighted by molar-refractivity contribution is 6.22. The van der Waals surface area contributed by atoms with Crippen LogP contribution in [0.5, 0.6) is 0 Å². The van der Waals surface area contributed by atoms with Gasteiger partial charge in [0.2, 0.25) is 0 Å². The minimum Gasteiger partial charge on any atom is -0.325 e. The highest BCUT2D eigenvalue weighted by Gasteiger charge is 2.51. The van der Waals surface area contributed by atoms with E-state index in [-0.39, 0.29) is 30.4 Å². The zero-order chi connectivity index (χ0) is 22.0. The van der Waals surface area contributed by atoms with Crippen LogP contribution in [-0.4, -0.2) is 132 Å². The van der Waals surface area contributed by atoms with E-state index in [0.29, 0.717) is 5.84 Å². The lowest BCUT2D eigenvalue weighted by molar-refractivity contribution is -0.506. The Morgan fingerprint density at radius 2 is 1.71 bits per heavy atom. The molecular weight excluding hydrogens is 422 g/mol. The molecule has 0 aliphatic carbocycles. The van der Waals surface area contributed by atoms with Crippen molar-refractivity contribution >= 4 is 42.0 Å². The number of carbonyl (C=O) groups is 3. The molecule has 2 saturated heterocycles. The first kappa shape index (κ1) is 25.1. The Bertz CT molecular complexity index is 773. The van der Waals surface area contributed by atoms with Gasteiger partial charge >= 0.3 is 12.1 Å². The molecule has 5 amide bonds. The van der Waals surface area contributed by atoms with Gasteiger partial charge in [-0.05, 0) is 31.8 Å². The van der Waals surface area contributed by atoms with Gasteiger partial charge in [0.05, 0.1) is 13.5 Å². The van der Waals surface area contributed by atoms with Crippen molar-refractivity contribution in [3.05, 3.63) is 0 Å². The zero-order valence-corrected chi connectivity index (χ0v) is 20.0. The van der Waals surface area contributed by atoms with Gasteiger partial charge in [-0.1, -0.05) is 0 Å². The standard InChI is InChI=1S/C20H34N7O3.ClH/c1-6-26(7-2)20(30)27-13-11-25(12-14-27)10-8-9-15-21-17-16(22(15)3)18(28)24(5)19(29)23(17)4;/h16H,6-14H2,1-5H3;1H/q+1;. The van der Waals surface area contributed by atoms with Gasteiger partial charge in [-0.25, -0.2) is 14.2 Å². The third-order valence-electron chi connectivity index (χ3n) is 6.32. The van der Waals surface area contributed by atoms with Crippen LogP contribution in [0.25, 0.3) is 0 Å². The zero-order valence-electron chi connectivity index (χ0n) is 19.2. The average Bonchev–Trinajstić information content (AvgIpc) is 3.08. The second-order valence-corrected chi connectivity index (χ2v) is 8.03. The van der Waals surface area contributed by atoms with E-state index in [1.54, 1.807) is 7.05 Å². The SMILES string of the molecule is CCN(CC)C(=O)N1CCN(CCCC2=[N+](C)C3C(=O)N(C)C(=O)N(C)C3=N2)CC1.Cl. The van der Waals surface area contributed by atoms with Crippen LogP contribution in [0.1, 0.15) is 26.7 Å². The van der Waals surface area contributed by atoms with Crippen molar-refractivity contribution in [1.29, 1.82) is 0 Å². The molecule has 0 spiro atoms. The number of imide groups is 1. The summed E-state index contributed by atoms with van der Waals surface area (Å²) in [5.41, 5.74) is 0. The first-order valence-corrected chi connectivity index (χ1v) is 10.8. The molecule has 0 aromatic heterocycles. The number of halogens is 1. The fourth-order valence-electron chi connectivity index (χ4n) is 4.28. The lowest BCUT2D eigenvalue weighted by atomic mass is 10.2. The normalized spacial score (nSPS) is 21.9. The van der Waals surface area contributed by atoms with E-state index in [1.165, 1.54) is 11.9 Å². The number of carbonyl (C=O) groups excluding carboxylic acids is 3. The summed E-state index contributed by atoms with van der Waals surface area (Å²) in [4.78, 5) is 50.5. The lowest BCUT2D eigenvalue weighted by Gasteiger charge is -2.37. The van der Waals surface area contributed by atoms with Crippen LogP contribution in [0.2, 0.25) is 0 Å². The van der Waals surface area contributed by atoms with E-state index in [0.717, 1.165) is 69.4 Å². The lowest BCUT2D eigenvalue weighted by Crippen LogP contribution is -2.61. The Hall–Kier alpha value is -2.20. The molecule has 1 unspecified atom stereocenters. The Morgan fingerprint density at radius 1 is 1.10 bits per heavy atom. The van der Waals surface area contributed by atoms with Crippen molar-refractivity contribution in [2.45, 2.75) is 32.7 Å². The van der Waals surface area contributed by atoms with Crippen molar-refractivity contribution in [1.82, 2.24) is 24.5 Å². The number of urea groups is 2. The maximum Gasteiger partial charge on any atom is 0.333 e. The summed E-state index contributed by atoms with van der Waals surface area (Å²) in [6.45, 7) is 9.67. The van der Waals surface area contributed by atoms with Gasteiger partial charge in [0, 0.05) is 53.4 Å². The molecule has 1 atom stereocenters. The molecule has 0 bridgehead atoms. The fourth-order valence-corrected chi connectivity index (χ4v) is 4.28. The Balaban J connectivity index is 0.00000341. The second-order valence-electron chi connectivity index (χ2n) is 8.03. The maximum absolute atomic E-state index is 12.5. The average molecular weight is 457 g/mol. The molecule has 0 radical (unpaired) electrons. The van der Waals surface area contributed by atoms with Crippen molar-refractivity contribution in [2.75, 3.05) is 67.0 Å². The molecule has 31 heavy (non-hydrogen) atoms. The van der Waals surface area contributed by atoms with Crippen LogP contribution < -0.4 is 0 Å². The summed E-state index contributed by atoms with van der Waals surface area (Å²) in [5.74, 6) is 1.13. The van der Waals surface area contributed by atoms with Crippen LogP contribution in [0.4, 0.5) is 9.59 Å². The Labute approximate surface area is 190 Å². The molecule has 0 N–H and O–H groups in total. The predicted molar refractivity (Wildman–Crippen MR) is 121 cm³/mol. The summed E-state index contributed by atoms with van der Waals surface area (Å²) < 4.78 is 1.89. The van der Waals surface area contributed by atoms with Gasteiger partial charge in [0.1, 0.15) is 0 Å². The summed E-state index contributed by atoms with van der Waals surface area (Å²) in [6.07, 6.45) is 1.66. The molecule has 174 valence electrons. The molecule has 3 aliphatic heterocycles. The summed E-state index contributed by atoms with van der Waals surface area (Å²) >= 11 is 0. The number of likely N-dealkylation sites (N-methyl/N-ethyl adjacent to an activating group) is 3. The largest absolute Gasteiger partial charge is 0.333 e. The number of piperazine rings is 1.